The average molecular weight is 770 g/mol. The molecule has 0 unspecified atom stereocenters. The van der Waals surface area contributed by atoms with Crippen LogP contribution in [0.5, 0.6) is 0 Å². The minimum atomic E-state index is -3.78. The van der Waals surface area contributed by atoms with E-state index in [2.05, 4.69) is 32.1 Å². The number of hydrogen-bond donors (Lipinski definition) is 3. The average Bonchev–Trinajstić information content (AvgIpc) is 3.57. The van der Waals surface area contributed by atoms with Crippen LogP contribution in [0.15, 0.2) is 48.7 Å². The smallest absolute Gasteiger partial charge is 0.293 e. The van der Waals surface area contributed by atoms with Crippen molar-refractivity contribution in [2.24, 2.45) is 13.0 Å². The van der Waals surface area contributed by atoms with Crippen molar-refractivity contribution in [3.8, 4) is 23.0 Å². The van der Waals surface area contributed by atoms with Crippen molar-refractivity contribution in [3.05, 3.63) is 93.5 Å². The van der Waals surface area contributed by atoms with E-state index >= 15 is 8.78 Å². The molecular weight excluding hydrogens is 738 g/mol. The zero-order valence-electron chi connectivity index (χ0n) is 28.7. The summed E-state index contributed by atoms with van der Waals surface area (Å²) in [6, 6.07) is 8.09. The topological polar surface area (TPSA) is 144 Å². The Bertz CT molecular complexity index is 2480. The maximum absolute atomic E-state index is 15.2. The fraction of sp³-hybridized carbons (Fsp3) is 0.333. The third-order valence-electron chi connectivity index (χ3n) is 9.09. The van der Waals surface area contributed by atoms with E-state index in [1.54, 1.807) is 25.2 Å². The second kappa shape index (κ2) is 12.9. The number of carbonyl (C=O) groups excluding carboxylic acids is 1. The van der Waals surface area contributed by atoms with Crippen molar-refractivity contribution in [1.29, 1.82) is 0 Å². The predicted molar refractivity (Wildman–Crippen MR) is 189 cm³/mol. The van der Waals surface area contributed by atoms with Gasteiger partial charge >= 0.3 is 0 Å². The van der Waals surface area contributed by atoms with E-state index in [0.717, 1.165) is 23.1 Å². The van der Waals surface area contributed by atoms with Gasteiger partial charge in [0.05, 0.1) is 40.1 Å². The van der Waals surface area contributed by atoms with Crippen LogP contribution in [0, 0.1) is 29.4 Å². The number of amides is 1. The second-order valence-electron chi connectivity index (χ2n) is 13.9. The lowest BCUT2D eigenvalue weighted by molar-refractivity contribution is -0.122. The number of nitrogens with one attached hydrogen (secondary N) is 2. The molecule has 0 aliphatic heterocycles. The molecule has 1 amide bonds. The number of rotatable bonds is 9. The summed E-state index contributed by atoms with van der Waals surface area (Å²) in [4.78, 5) is 18.6. The van der Waals surface area contributed by atoms with E-state index in [-0.39, 0.29) is 51.2 Å². The molecule has 276 valence electrons. The first-order chi connectivity index (χ1) is 24.8. The highest BCUT2D eigenvalue weighted by Crippen LogP contribution is 2.66. The van der Waals surface area contributed by atoms with Gasteiger partial charge in [-0.25, -0.2) is 22.2 Å². The standard InChI is InChI=1S/C36H32ClF4N7O4S/c1-35(2,50)10-9-21-5-6-22(23-7-8-27(37)30-32(23)47(3)45-34(30)46-53(4,51)52)31(43-21)28(13-18-11-19(38)14-20(39)12-18)44-29(49)17-48-33-25(16-42-48)24-15-26(24)36(33,40)41/h5-8,11-12,14,16,24,26,28,50H,13,15,17H2,1-4H3,(H,44,49)(H,45,46)/t24-,26-,28+/m1/s1. The molecule has 5 aromatic rings. The fourth-order valence-electron chi connectivity index (χ4n) is 6.92. The number of aliphatic hydroxyl groups is 1. The number of aryl methyl sites for hydroxylation is 1. The minimum absolute atomic E-state index is 0.0414. The molecule has 3 heterocycles. The van der Waals surface area contributed by atoms with E-state index < -0.39 is 57.6 Å². The fourth-order valence-corrected chi connectivity index (χ4v) is 7.66. The molecule has 2 aromatic carbocycles. The Morgan fingerprint density at radius 2 is 1.85 bits per heavy atom. The summed E-state index contributed by atoms with van der Waals surface area (Å²) in [5.41, 5.74) is 0.313. The SMILES string of the molecule is Cn1nc(NS(C)(=O)=O)c2c(Cl)ccc(-c3ccc(C#CC(C)(C)O)nc3[C@H](Cc3cc(F)cc(F)c3)NC(=O)Cn3ncc4c3C(F)(F)[C@@H]3C[C@H]43)c21. The van der Waals surface area contributed by atoms with Crippen molar-refractivity contribution in [2.75, 3.05) is 11.0 Å². The first kappa shape index (κ1) is 36.4. The molecule has 7 rings (SSSR count). The zero-order chi connectivity index (χ0) is 38.2. The number of nitrogens with zero attached hydrogens (tertiary/aromatic N) is 5. The van der Waals surface area contributed by atoms with E-state index in [1.807, 2.05) is 0 Å². The van der Waals surface area contributed by atoms with Crippen molar-refractivity contribution in [1.82, 2.24) is 29.9 Å². The van der Waals surface area contributed by atoms with Gasteiger partial charge in [0, 0.05) is 35.7 Å². The van der Waals surface area contributed by atoms with Crippen molar-refractivity contribution >= 4 is 44.3 Å². The van der Waals surface area contributed by atoms with Crippen LogP contribution in [0.2, 0.25) is 5.02 Å². The van der Waals surface area contributed by atoms with E-state index in [1.165, 1.54) is 30.8 Å². The minimum Gasteiger partial charge on any atom is -0.378 e. The summed E-state index contributed by atoms with van der Waals surface area (Å²) < 4.78 is 88.5. The summed E-state index contributed by atoms with van der Waals surface area (Å²) in [6.07, 6.45) is 2.46. The van der Waals surface area contributed by atoms with Crippen LogP contribution < -0.4 is 10.0 Å². The largest absolute Gasteiger partial charge is 0.378 e. The molecule has 3 aromatic heterocycles. The Morgan fingerprint density at radius 3 is 2.53 bits per heavy atom. The summed E-state index contributed by atoms with van der Waals surface area (Å²) in [5, 5.41) is 22.0. The number of benzene rings is 2. The number of anilines is 1. The lowest BCUT2D eigenvalue weighted by Gasteiger charge is -2.23. The first-order valence-electron chi connectivity index (χ1n) is 16.4. The molecule has 17 heteroatoms. The number of carbonyl (C=O) groups is 1. The van der Waals surface area contributed by atoms with Gasteiger partial charge in [-0.15, -0.1) is 0 Å². The predicted octanol–water partition coefficient (Wildman–Crippen LogP) is 5.57. The highest BCUT2D eigenvalue weighted by Gasteiger charge is 2.65. The van der Waals surface area contributed by atoms with Gasteiger partial charge in [0.1, 0.15) is 35.2 Å². The van der Waals surface area contributed by atoms with E-state index in [4.69, 9.17) is 16.6 Å². The monoisotopic (exact) mass is 769 g/mol. The quantitative estimate of drug-likeness (QED) is 0.132. The molecule has 0 saturated heterocycles. The number of pyridine rings is 1. The van der Waals surface area contributed by atoms with Crippen molar-refractivity contribution in [3.63, 3.8) is 0 Å². The Balaban J connectivity index is 1.38. The number of hydrogen-bond acceptors (Lipinski definition) is 7. The van der Waals surface area contributed by atoms with Gasteiger partial charge in [-0.05, 0) is 74.4 Å². The van der Waals surface area contributed by atoms with Gasteiger partial charge in [0.2, 0.25) is 15.9 Å². The molecule has 0 bridgehead atoms. The number of fused-ring (bicyclic) bond motifs is 4. The normalized spacial score (nSPS) is 17.8. The Kier molecular flexibility index (Phi) is 8.82. The molecule has 11 nitrogen and oxygen atoms in total. The Hall–Kier alpha value is -4.98. The molecule has 53 heavy (non-hydrogen) atoms. The Labute approximate surface area is 306 Å². The van der Waals surface area contributed by atoms with Crippen LogP contribution in [0.3, 0.4) is 0 Å². The third-order valence-corrected chi connectivity index (χ3v) is 9.97. The van der Waals surface area contributed by atoms with E-state index in [9.17, 15) is 27.1 Å². The molecule has 0 radical (unpaired) electrons. The van der Waals surface area contributed by atoms with Gasteiger partial charge in [0.15, 0.2) is 5.82 Å². The highest BCUT2D eigenvalue weighted by atomic mass is 35.5. The van der Waals surface area contributed by atoms with Crippen LogP contribution >= 0.6 is 11.6 Å². The van der Waals surface area contributed by atoms with Crippen molar-refractivity contribution < 1.29 is 35.9 Å². The van der Waals surface area contributed by atoms with Crippen LogP contribution in [-0.4, -0.2) is 55.8 Å². The number of alkyl halides is 2. The number of aromatic nitrogens is 5. The molecule has 3 atom stereocenters. The van der Waals surface area contributed by atoms with Gasteiger partial charge in [-0.1, -0.05) is 23.6 Å². The lowest BCUT2D eigenvalue weighted by Crippen LogP contribution is -2.35. The molecule has 3 N–H and O–H groups in total. The summed E-state index contributed by atoms with van der Waals surface area (Å²) in [6.45, 7) is 2.37. The van der Waals surface area contributed by atoms with Crippen LogP contribution in [0.1, 0.15) is 60.4 Å². The number of halogens is 5. The maximum Gasteiger partial charge on any atom is 0.293 e. The molecule has 2 aliphatic rings. The molecular formula is C36H32ClF4N7O4S. The summed E-state index contributed by atoms with van der Waals surface area (Å²) >= 11 is 6.59. The van der Waals surface area contributed by atoms with Gasteiger partial charge < -0.3 is 10.4 Å². The second-order valence-corrected chi connectivity index (χ2v) is 16.0. The maximum atomic E-state index is 15.2. The highest BCUT2D eigenvalue weighted by molar-refractivity contribution is 7.92. The molecule has 1 saturated carbocycles. The van der Waals surface area contributed by atoms with E-state index in [0.29, 0.717) is 34.7 Å². The lowest BCUT2D eigenvalue weighted by atomic mass is 9.93. The van der Waals surface area contributed by atoms with Crippen LogP contribution in [-0.2, 0) is 40.8 Å². The van der Waals surface area contributed by atoms with Crippen LogP contribution in [0.4, 0.5) is 23.4 Å². The van der Waals surface area contributed by atoms with Gasteiger partial charge in [-0.3, -0.25) is 18.9 Å². The first-order valence-corrected chi connectivity index (χ1v) is 18.6. The van der Waals surface area contributed by atoms with Crippen LogP contribution in [0.25, 0.3) is 22.0 Å². The zero-order valence-corrected chi connectivity index (χ0v) is 30.3. The summed E-state index contributed by atoms with van der Waals surface area (Å²) in [5.74, 6) is -1.29. The van der Waals surface area contributed by atoms with Crippen molar-refractivity contribution in [2.45, 2.75) is 56.7 Å². The Morgan fingerprint density at radius 1 is 1.15 bits per heavy atom. The molecule has 0 spiro atoms. The summed E-state index contributed by atoms with van der Waals surface area (Å²) in [7, 11) is -2.21. The molecule has 1 fully saturated rings. The molecule has 2 aliphatic carbocycles. The third kappa shape index (κ3) is 7.20. The number of sulfonamides is 1. The van der Waals surface area contributed by atoms with Gasteiger partial charge in [-0.2, -0.15) is 19.0 Å². The van der Waals surface area contributed by atoms with Gasteiger partial charge in [0.25, 0.3) is 5.92 Å².